The summed E-state index contributed by atoms with van der Waals surface area (Å²) in [6.45, 7) is 6.51. The molecule has 24 heavy (non-hydrogen) atoms. The van der Waals surface area contributed by atoms with Gasteiger partial charge in [0.2, 0.25) is 0 Å². The van der Waals surface area contributed by atoms with Crippen LogP contribution in [0.4, 0.5) is 0 Å². The molecule has 0 aromatic rings. The maximum Gasteiger partial charge on any atom is 0.331 e. The summed E-state index contributed by atoms with van der Waals surface area (Å²) < 4.78 is 5.59. The molecule has 0 aromatic heterocycles. The van der Waals surface area contributed by atoms with Gasteiger partial charge in [-0.25, -0.2) is 9.59 Å². The van der Waals surface area contributed by atoms with Gasteiger partial charge in [-0.15, -0.1) is 0 Å². The highest BCUT2D eigenvalue weighted by molar-refractivity contribution is 5.90. The van der Waals surface area contributed by atoms with E-state index in [1.54, 1.807) is 0 Å². The molecule has 0 spiro atoms. The summed E-state index contributed by atoms with van der Waals surface area (Å²) in [6, 6.07) is 0. The summed E-state index contributed by atoms with van der Waals surface area (Å²) in [5, 5.41) is 8.62. The van der Waals surface area contributed by atoms with Crippen molar-refractivity contribution in [2.45, 2.75) is 97.5 Å². The van der Waals surface area contributed by atoms with Crippen LogP contribution in [-0.4, -0.2) is 23.1 Å². The van der Waals surface area contributed by atoms with Crippen molar-refractivity contribution in [3.63, 3.8) is 0 Å². The lowest BCUT2D eigenvalue weighted by atomic mass is 9.90. The molecule has 0 aliphatic heterocycles. The van der Waals surface area contributed by atoms with E-state index in [2.05, 4.69) is 20.8 Å². The molecule has 4 nitrogen and oxygen atoms in total. The van der Waals surface area contributed by atoms with Crippen molar-refractivity contribution in [3.8, 4) is 0 Å². The van der Waals surface area contributed by atoms with Crippen molar-refractivity contribution in [3.05, 3.63) is 12.2 Å². The van der Waals surface area contributed by atoms with Crippen molar-refractivity contribution >= 4 is 11.9 Å². The lowest BCUT2D eigenvalue weighted by Crippen LogP contribution is -2.26. The summed E-state index contributed by atoms with van der Waals surface area (Å²) in [6.07, 6.45) is 14.2. The number of aliphatic carboxylic acids is 1. The number of carbonyl (C=O) groups is 2. The molecule has 2 atom stereocenters. The Kier molecular flexibility index (Phi) is 14.4. The lowest BCUT2D eigenvalue weighted by Gasteiger charge is -2.26. The molecule has 140 valence electrons. The zero-order valence-corrected chi connectivity index (χ0v) is 15.8. The van der Waals surface area contributed by atoms with Gasteiger partial charge in [0, 0.05) is 12.2 Å². The number of carboxylic acid groups (broad SMARTS) is 1. The lowest BCUT2D eigenvalue weighted by molar-refractivity contribution is -0.147. The summed E-state index contributed by atoms with van der Waals surface area (Å²) in [4.78, 5) is 22.4. The molecule has 0 aliphatic rings. The van der Waals surface area contributed by atoms with Crippen LogP contribution in [0.15, 0.2) is 12.2 Å². The Bertz CT molecular complexity index is 363. The van der Waals surface area contributed by atoms with E-state index in [4.69, 9.17) is 9.84 Å². The molecule has 2 unspecified atom stereocenters. The summed E-state index contributed by atoms with van der Waals surface area (Å²) in [7, 11) is 0. The number of carbonyl (C=O) groups excluding carboxylic acids is 1. The summed E-state index contributed by atoms with van der Waals surface area (Å²) in [5.41, 5.74) is 0. The maximum absolute atomic E-state index is 11.9. The summed E-state index contributed by atoms with van der Waals surface area (Å²) in [5.74, 6) is -1.30. The first-order valence-electron chi connectivity index (χ1n) is 9.66. The molecule has 0 radical (unpaired) electrons. The second-order valence-electron chi connectivity index (χ2n) is 6.51. The molecule has 4 heteroatoms. The standard InChI is InChI=1S/C20H36O4/c1-4-7-9-10-11-12-14-18(17(6-3)13-8-5-2)24-20(23)16-15-19(21)22/h15-18H,4-14H2,1-3H3,(H,21,22)/b16-15+. The van der Waals surface area contributed by atoms with Crippen molar-refractivity contribution in [1.29, 1.82) is 0 Å². The van der Waals surface area contributed by atoms with Gasteiger partial charge in [0.25, 0.3) is 0 Å². The molecule has 0 saturated heterocycles. The quantitative estimate of drug-likeness (QED) is 0.243. The zero-order valence-electron chi connectivity index (χ0n) is 15.8. The van der Waals surface area contributed by atoms with Gasteiger partial charge in [-0.1, -0.05) is 65.7 Å². The highest BCUT2D eigenvalue weighted by Crippen LogP contribution is 2.24. The normalized spacial score (nSPS) is 13.8. The minimum Gasteiger partial charge on any atom is -0.478 e. The number of unbranched alkanes of at least 4 members (excludes halogenated alkanes) is 6. The SMILES string of the molecule is CCCCCCCCC(OC(=O)/C=C/C(=O)O)C(CC)CCCC. The van der Waals surface area contributed by atoms with Crippen LogP contribution >= 0.6 is 0 Å². The molecule has 0 aliphatic carbocycles. The average Bonchev–Trinajstić information content (AvgIpc) is 2.56. The van der Waals surface area contributed by atoms with Crippen molar-refractivity contribution < 1.29 is 19.4 Å². The molecule has 0 fully saturated rings. The number of esters is 1. The molecule has 0 heterocycles. The molecule has 1 N–H and O–H groups in total. The Morgan fingerprint density at radius 3 is 2.08 bits per heavy atom. The van der Waals surface area contributed by atoms with E-state index in [-0.39, 0.29) is 6.10 Å². The predicted octanol–water partition coefficient (Wildman–Crippen LogP) is 5.51. The topological polar surface area (TPSA) is 63.6 Å². The molecule has 0 aromatic carbocycles. The van der Waals surface area contributed by atoms with Crippen LogP contribution in [0, 0.1) is 5.92 Å². The number of hydrogen-bond acceptors (Lipinski definition) is 3. The Morgan fingerprint density at radius 1 is 0.875 bits per heavy atom. The Hall–Kier alpha value is -1.32. The van der Waals surface area contributed by atoms with Gasteiger partial charge >= 0.3 is 11.9 Å². The highest BCUT2D eigenvalue weighted by Gasteiger charge is 2.22. The van der Waals surface area contributed by atoms with Gasteiger partial charge < -0.3 is 9.84 Å². The van der Waals surface area contributed by atoms with E-state index in [1.165, 1.54) is 32.1 Å². The van der Waals surface area contributed by atoms with E-state index in [9.17, 15) is 9.59 Å². The van der Waals surface area contributed by atoms with E-state index in [0.29, 0.717) is 5.92 Å². The van der Waals surface area contributed by atoms with Gasteiger partial charge in [-0.3, -0.25) is 0 Å². The average molecular weight is 341 g/mol. The molecular formula is C20H36O4. The minimum absolute atomic E-state index is 0.0985. The highest BCUT2D eigenvalue weighted by atomic mass is 16.5. The first-order chi connectivity index (χ1) is 11.5. The van der Waals surface area contributed by atoms with Crippen LogP contribution in [0.3, 0.4) is 0 Å². The second kappa shape index (κ2) is 15.2. The van der Waals surface area contributed by atoms with Crippen LogP contribution in [-0.2, 0) is 14.3 Å². The molecule has 0 saturated carbocycles. The van der Waals surface area contributed by atoms with Gasteiger partial charge in [-0.05, 0) is 31.6 Å². The van der Waals surface area contributed by atoms with Gasteiger partial charge in [0.15, 0.2) is 0 Å². The van der Waals surface area contributed by atoms with E-state index in [0.717, 1.165) is 50.7 Å². The van der Waals surface area contributed by atoms with Gasteiger partial charge in [0.1, 0.15) is 6.10 Å². The third-order valence-corrected chi connectivity index (χ3v) is 4.45. The Morgan fingerprint density at radius 2 is 1.50 bits per heavy atom. The molecular weight excluding hydrogens is 304 g/mol. The maximum atomic E-state index is 11.9. The molecule has 0 amide bonds. The number of hydrogen-bond donors (Lipinski definition) is 1. The van der Waals surface area contributed by atoms with Gasteiger partial charge in [0.05, 0.1) is 0 Å². The first kappa shape index (κ1) is 22.7. The number of ether oxygens (including phenoxy) is 1. The Labute approximate surface area is 147 Å². The summed E-state index contributed by atoms with van der Waals surface area (Å²) >= 11 is 0. The number of rotatable bonds is 15. The first-order valence-corrected chi connectivity index (χ1v) is 9.66. The number of carboxylic acids is 1. The van der Waals surface area contributed by atoms with Crippen molar-refractivity contribution in [1.82, 2.24) is 0 Å². The smallest absolute Gasteiger partial charge is 0.331 e. The third kappa shape index (κ3) is 12.1. The third-order valence-electron chi connectivity index (χ3n) is 4.45. The fraction of sp³-hybridized carbons (Fsp3) is 0.800. The van der Waals surface area contributed by atoms with E-state index >= 15 is 0 Å². The molecule has 0 bridgehead atoms. The van der Waals surface area contributed by atoms with Crippen molar-refractivity contribution in [2.75, 3.05) is 0 Å². The van der Waals surface area contributed by atoms with Gasteiger partial charge in [-0.2, -0.15) is 0 Å². The fourth-order valence-corrected chi connectivity index (χ4v) is 2.96. The van der Waals surface area contributed by atoms with Crippen LogP contribution < -0.4 is 0 Å². The van der Waals surface area contributed by atoms with Crippen LogP contribution in [0.5, 0.6) is 0 Å². The van der Waals surface area contributed by atoms with Crippen LogP contribution in [0.1, 0.15) is 91.4 Å². The van der Waals surface area contributed by atoms with E-state index in [1.807, 2.05) is 0 Å². The minimum atomic E-state index is -1.13. The molecule has 0 rings (SSSR count). The zero-order chi connectivity index (χ0) is 18.2. The van der Waals surface area contributed by atoms with E-state index < -0.39 is 11.9 Å². The van der Waals surface area contributed by atoms with Crippen LogP contribution in [0.2, 0.25) is 0 Å². The van der Waals surface area contributed by atoms with Crippen molar-refractivity contribution in [2.24, 2.45) is 5.92 Å². The largest absolute Gasteiger partial charge is 0.478 e. The Balaban J connectivity index is 4.51. The fourth-order valence-electron chi connectivity index (χ4n) is 2.96. The second-order valence-corrected chi connectivity index (χ2v) is 6.51. The van der Waals surface area contributed by atoms with Crippen LogP contribution in [0.25, 0.3) is 0 Å². The predicted molar refractivity (Wildman–Crippen MR) is 98.0 cm³/mol. The monoisotopic (exact) mass is 340 g/mol.